The van der Waals surface area contributed by atoms with Gasteiger partial charge in [-0.15, -0.1) is 11.3 Å². The maximum atomic E-state index is 12.4. The van der Waals surface area contributed by atoms with Crippen molar-refractivity contribution >= 4 is 52.3 Å². The molecule has 4 rings (SSSR count). The van der Waals surface area contributed by atoms with Crippen LogP contribution >= 0.6 is 34.5 Å². The Balaban J connectivity index is 1.37. The van der Waals surface area contributed by atoms with Crippen LogP contribution in [0.15, 0.2) is 30.3 Å². The maximum absolute atomic E-state index is 12.4. The number of hydrogen-bond acceptors (Lipinski definition) is 5. The summed E-state index contributed by atoms with van der Waals surface area (Å²) in [6, 6.07) is 7.65. The molecule has 3 heterocycles. The lowest BCUT2D eigenvalue weighted by Crippen LogP contribution is -2.33. The molecule has 0 radical (unpaired) electrons. The van der Waals surface area contributed by atoms with E-state index in [0.29, 0.717) is 46.2 Å². The summed E-state index contributed by atoms with van der Waals surface area (Å²) >= 11 is 14.4. The maximum Gasteiger partial charge on any atom is 0.244 e. The number of carbonyl (C=O) groups is 2. The summed E-state index contributed by atoms with van der Waals surface area (Å²) in [6.07, 6.45) is 3.57. The third kappa shape index (κ3) is 5.80. The zero-order valence-corrected chi connectivity index (χ0v) is 22.4. The molecule has 35 heavy (non-hydrogen) atoms. The number of amides is 1. The number of nitrogens with zero attached hydrogens (tertiary/aromatic N) is 2. The standard InChI is InChI=1S/C26H27Cl2N3O3S/c1-14(2)13-31-26(28)20(15(3)30-31)5-8-24(33)29-12-19-10-18-9-17(11-21(27)25(18)34-19)23-7-6-22(35-23)16(4)32/h5-9,11,14,19H,10,12-13H2,1-4H3,(H,29,33). The summed E-state index contributed by atoms with van der Waals surface area (Å²) in [7, 11) is 0. The minimum atomic E-state index is -0.237. The molecule has 0 spiro atoms. The summed E-state index contributed by atoms with van der Waals surface area (Å²) in [4.78, 5) is 25.8. The summed E-state index contributed by atoms with van der Waals surface area (Å²) in [5.74, 6) is 0.867. The molecule has 6 nitrogen and oxygen atoms in total. The Morgan fingerprint density at radius 2 is 2.09 bits per heavy atom. The highest BCUT2D eigenvalue weighted by Crippen LogP contribution is 2.41. The zero-order valence-electron chi connectivity index (χ0n) is 20.0. The second-order valence-corrected chi connectivity index (χ2v) is 10.9. The highest BCUT2D eigenvalue weighted by atomic mass is 35.5. The van der Waals surface area contributed by atoms with E-state index in [-0.39, 0.29) is 17.8 Å². The van der Waals surface area contributed by atoms with Crippen molar-refractivity contribution in [1.82, 2.24) is 15.1 Å². The summed E-state index contributed by atoms with van der Waals surface area (Å²) in [5, 5.41) is 8.40. The van der Waals surface area contributed by atoms with Crippen molar-refractivity contribution in [2.45, 2.75) is 46.8 Å². The van der Waals surface area contributed by atoms with Crippen molar-refractivity contribution in [1.29, 1.82) is 0 Å². The van der Waals surface area contributed by atoms with Gasteiger partial charge in [0, 0.05) is 35.0 Å². The Kier molecular flexibility index (Phi) is 7.69. The van der Waals surface area contributed by atoms with E-state index >= 15 is 0 Å². The monoisotopic (exact) mass is 531 g/mol. The van der Waals surface area contributed by atoms with Gasteiger partial charge in [0.05, 0.1) is 22.1 Å². The number of thiophene rings is 1. The third-order valence-corrected chi connectivity index (χ3v) is 7.56. The predicted molar refractivity (Wildman–Crippen MR) is 142 cm³/mol. The number of hydrogen-bond donors (Lipinski definition) is 1. The first kappa shape index (κ1) is 25.5. The quantitative estimate of drug-likeness (QED) is 0.276. The van der Waals surface area contributed by atoms with Gasteiger partial charge in [-0.2, -0.15) is 5.10 Å². The average molecular weight is 532 g/mol. The summed E-state index contributed by atoms with van der Waals surface area (Å²) in [5.41, 5.74) is 3.46. The van der Waals surface area contributed by atoms with Crippen LogP contribution < -0.4 is 10.1 Å². The van der Waals surface area contributed by atoms with Gasteiger partial charge < -0.3 is 10.1 Å². The number of aromatic nitrogens is 2. The first-order valence-corrected chi connectivity index (χ1v) is 13.0. The number of aryl methyl sites for hydroxylation is 1. The molecule has 1 amide bonds. The number of benzene rings is 1. The Hall–Kier alpha value is -2.61. The van der Waals surface area contributed by atoms with Crippen LogP contribution in [0.3, 0.4) is 0 Å². The van der Waals surface area contributed by atoms with Gasteiger partial charge in [0.2, 0.25) is 5.91 Å². The van der Waals surface area contributed by atoms with E-state index in [2.05, 4.69) is 24.3 Å². The van der Waals surface area contributed by atoms with Crippen molar-refractivity contribution in [2.75, 3.05) is 6.54 Å². The highest BCUT2D eigenvalue weighted by molar-refractivity contribution is 7.17. The van der Waals surface area contributed by atoms with Gasteiger partial charge in [0.15, 0.2) is 5.78 Å². The lowest BCUT2D eigenvalue weighted by Gasteiger charge is -2.11. The summed E-state index contributed by atoms with van der Waals surface area (Å²) < 4.78 is 7.77. The molecule has 1 unspecified atom stereocenters. The number of Topliss-reactive ketones (excluding diaryl/α,β-unsaturated/α-hetero) is 1. The van der Waals surface area contributed by atoms with E-state index in [9.17, 15) is 9.59 Å². The first-order valence-electron chi connectivity index (χ1n) is 11.4. The lowest BCUT2D eigenvalue weighted by atomic mass is 10.1. The molecule has 0 fully saturated rings. The van der Waals surface area contributed by atoms with E-state index in [1.807, 2.05) is 31.2 Å². The van der Waals surface area contributed by atoms with Gasteiger partial charge in [0.1, 0.15) is 17.0 Å². The van der Waals surface area contributed by atoms with Gasteiger partial charge in [-0.05, 0) is 55.7 Å². The van der Waals surface area contributed by atoms with Crippen LogP contribution in [-0.2, 0) is 17.8 Å². The molecule has 1 aromatic carbocycles. The van der Waals surface area contributed by atoms with Crippen LogP contribution in [-0.4, -0.2) is 34.1 Å². The molecule has 3 aromatic rings. The Labute approximate surface area is 218 Å². The molecule has 0 saturated carbocycles. The molecule has 1 N–H and O–H groups in total. The SMILES string of the molecule is CC(=O)c1ccc(-c2cc(Cl)c3c(c2)CC(CNC(=O)C=Cc2c(C)nn(CC(C)C)c2Cl)O3)s1. The normalized spacial score (nSPS) is 15.0. The molecule has 9 heteroatoms. The molecular formula is C26H27Cl2N3O3S. The van der Waals surface area contributed by atoms with E-state index in [1.54, 1.807) is 17.7 Å². The van der Waals surface area contributed by atoms with Gasteiger partial charge in [-0.1, -0.05) is 37.0 Å². The molecule has 1 atom stereocenters. The van der Waals surface area contributed by atoms with Crippen molar-refractivity contribution in [3.63, 3.8) is 0 Å². The van der Waals surface area contributed by atoms with E-state index < -0.39 is 0 Å². The van der Waals surface area contributed by atoms with Crippen LogP contribution in [0.1, 0.15) is 47.3 Å². The van der Waals surface area contributed by atoms with Crippen molar-refractivity contribution < 1.29 is 14.3 Å². The zero-order chi connectivity index (χ0) is 25.3. The minimum Gasteiger partial charge on any atom is -0.486 e. The Morgan fingerprint density at radius 1 is 1.31 bits per heavy atom. The summed E-state index contributed by atoms with van der Waals surface area (Å²) in [6.45, 7) is 8.69. The van der Waals surface area contributed by atoms with Crippen LogP contribution in [0.2, 0.25) is 10.2 Å². The van der Waals surface area contributed by atoms with Gasteiger partial charge >= 0.3 is 0 Å². The second kappa shape index (κ2) is 10.6. The average Bonchev–Trinajstić information content (AvgIpc) is 3.49. The third-order valence-electron chi connectivity index (χ3n) is 5.64. The first-order chi connectivity index (χ1) is 16.6. The Morgan fingerprint density at radius 3 is 2.77 bits per heavy atom. The minimum absolute atomic E-state index is 0.0449. The molecular weight excluding hydrogens is 505 g/mol. The van der Waals surface area contributed by atoms with E-state index in [1.165, 1.54) is 17.4 Å². The van der Waals surface area contributed by atoms with Crippen molar-refractivity contribution in [3.05, 3.63) is 62.2 Å². The molecule has 1 aliphatic rings. The van der Waals surface area contributed by atoms with Gasteiger partial charge in [-0.3, -0.25) is 14.3 Å². The number of nitrogens with one attached hydrogen (secondary N) is 1. The second-order valence-electron chi connectivity index (χ2n) is 9.05. The lowest BCUT2D eigenvalue weighted by molar-refractivity contribution is -0.116. The predicted octanol–water partition coefficient (Wildman–Crippen LogP) is 6.22. The van der Waals surface area contributed by atoms with Crippen molar-refractivity contribution in [2.24, 2.45) is 5.92 Å². The van der Waals surface area contributed by atoms with Crippen LogP contribution in [0, 0.1) is 12.8 Å². The van der Waals surface area contributed by atoms with Crippen LogP contribution in [0.5, 0.6) is 5.75 Å². The van der Waals surface area contributed by atoms with E-state index in [0.717, 1.165) is 27.3 Å². The number of halogens is 2. The van der Waals surface area contributed by atoms with Gasteiger partial charge in [0.25, 0.3) is 0 Å². The number of rotatable bonds is 8. The van der Waals surface area contributed by atoms with Crippen LogP contribution in [0.25, 0.3) is 16.5 Å². The van der Waals surface area contributed by atoms with Crippen molar-refractivity contribution in [3.8, 4) is 16.2 Å². The fourth-order valence-electron chi connectivity index (χ4n) is 3.98. The molecule has 1 aliphatic heterocycles. The highest BCUT2D eigenvalue weighted by Gasteiger charge is 2.26. The molecule has 0 bridgehead atoms. The smallest absolute Gasteiger partial charge is 0.244 e. The molecule has 2 aromatic heterocycles. The number of ether oxygens (including phenoxy) is 1. The fraction of sp³-hybridized carbons (Fsp3) is 0.346. The number of ketones is 1. The number of carbonyl (C=O) groups excluding carboxylic acids is 2. The molecule has 0 saturated heterocycles. The molecule has 0 aliphatic carbocycles. The topological polar surface area (TPSA) is 73.2 Å². The van der Waals surface area contributed by atoms with Crippen LogP contribution in [0.4, 0.5) is 0 Å². The molecule has 184 valence electrons. The number of fused-ring (bicyclic) bond motifs is 1. The largest absolute Gasteiger partial charge is 0.486 e. The van der Waals surface area contributed by atoms with Gasteiger partial charge in [-0.25, -0.2) is 0 Å². The fourth-order valence-corrected chi connectivity index (χ4v) is 5.46. The Bertz CT molecular complexity index is 1310. The van der Waals surface area contributed by atoms with E-state index in [4.69, 9.17) is 27.9 Å².